The maximum absolute atomic E-state index is 13.3. The topological polar surface area (TPSA) is 84.0 Å². The Kier molecular flexibility index (Phi) is 4.15. The lowest BCUT2D eigenvalue weighted by Crippen LogP contribution is -2.50. The van der Waals surface area contributed by atoms with E-state index in [1.165, 1.54) is 0 Å². The highest BCUT2D eigenvalue weighted by Gasteiger charge is 2.67. The zero-order valence-corrected chi connectivity index (χ0v) is 17.1. The molecular weight excluding hydrogens is 392 g/mol. The van der Waals surface area contributed by atoms with Crippen LogP contribution in [0.15, 0.2) is 36.4 Å². The van der Waals surface area contributed by atoms with Crippen LogP contribution in [0, 0.1) is 18.8 Å². The molecule has 4 heterocycles. The zero-order valence-electron chi connectivity index (χ0n) is 16.3. The van der Waals surface area contributed by atoms with E-state index < -0.39 is 33.4 Å². The Hall–Kier alpha value is -2.19. The van der Waals surface area contributed by atoms with Crippen molar-refractivity contribution in [2.75, 3.05) is 31.1 Å². The normalized spacial score (nSPS) is 34.7. The van der Waals surface area contributed by atoms with E-state index in [1.54, 1.807) is 9.80 Å². The molecule has 1 spiro atoms. The van der Waals surface area contributed by atoms with Gasteiger partial charge in [0, 0.05) is 19.6 Å². The molecule has 1 aromatic rings. The molecule has 0 aromatic heterocycles. The molecule has 0 N–H and O–H groups in total. The first-order valence-corrected chi connectivity index (χ1v) is 11.8. The summed E-state index contributed by atoms with van der Waals surface area (Å²) in [4.78, 5) is 29.9. The predicted octanol–water partition coefficient (Wildman–Crippen LogP) is 0.534. The molecular formula is C21H24N2O5S. The van der Waals surface area contributed by atoms with Crippen molar-refractivity contribution in [1.82, 2.24) is 9.80 Å². The number of hydrogen-bond donors (Lipinski definition) is 0. The van der Waals surface area contributed by atoms with E-state index >= 15 is 0 Å². The Bertz CT molecular complexity index is 1010. The van der Waals surface area contributed by atoms with Crippen LogP contribution in [0.3, 0.4) is 0 Å². The first-order valence-electron chi connectivity index (χ1n) is 9.99. The van der Waals surface area contributed by atoms with Crippen LogP contribution >= 0.6 is 0 Å². The number of fused-ring (bicyclic) bond motifs is 1. The van der Waals surface area contributed by atoms with Crippen LogP contribution in [0.1, 0.15) is 11.1 Å². The van der Waals surface area contributed by atoms with Crippen molar-refractivity contribution in [2.24, 2.45) is 11.8 Å². The maximum Gasteiger partial charge on any atom is 0.230 e. The van der Waals surface area contributed by atoms with Gasteiger partial charge in [0.1, 0.15) is 5.60 Å². The molecule has 0 aliphatic carbocycles. The predicted molar refractivity (Wildman–Crippen MR) is 106 cm³/mol. The molecule has 4 aliphatic rings. The summed E-state index contributed by atoms with van der Waals surface area (Å²) in [7, 11) is -3.07. The number of carbonyl (C=O) groups excluding carboxylic acids is 2. The second-order valence-electron chi connectivity index (χ2n) is 8.56. The first kappa shape index (κ1) is 18.8. The molecule has 7 nitrogen and oxygen atoms in total. The van der Waals surface area contributed by atoms with Crippen molar-refractivity contribution in [3.8, 4) is 0 Å². The van der Waals surface area contributed by atoms with Crippen LogP contribution in [0.4, 0.5) is 0 Å². The lowest BCUT2D eigenvalue weighted by Gasteiger charge is -2.32. The third-order valence-electron chi connectivity index (χ3n) is 6.58. The number of benzene rings is 1. The van der Waals surface area contributed by atoms with Gasteiger partial charge in [0.05, 0.1) is 36.0 Å². The molecule has 4 aliphatic heterocycles. The van der Waals surface area contributed by atoms with Crippen LogP contribution in [-0.4, -0.2) is 72.9 Å². The van der Waals surface area contributed by atoms with Crippen LogP contribution in [0.5, 0.6) is 0 Å². The zero-order chi connectivity index (χ0) is 20.4. The van der Waals surface area contributed by atoms with Crippen LogP contribution in [0.2, 0.25) is 0 Å². The van der Waals surface area contributed by atoms with Crippen molar-refractivity contribution in [3.63, 3.8) is 0 Å². The van der Waals surface area contributed by atoms with Gasteiger partial charge in [-0.3, -0.25) is 9.59 Å². The highest BCUT2D eigenvalue weighted by molar-refractivity contribution is 7.91. The van der Waals surface area contributed by atoms with Gasteiger partial charge in [-0.1, -0.05) is 42.0 Å². The largest absolute Gasteiger partial charge is 0.360 e. The van der Waals surface area contributed by atoms with Gasteiger partial charge < -0.3 is 14.5 Å². The van der Waals surface area contributed by atoms with Gasteiger partial charge in [-0.15, -0.1) is 0 Å². The summed E-state index contributed by atoms with van der Waals surface area (Å²) < 4.78 is 29.6. The summed E-state index contributed by atoms with van der Waals surface area (Å²) in [5.41, 5.74) is 1.45. The number of sulfone groups is 1. The fourth-order valence-electron chi connectivity index (χ4n) is 5.17. The molecule has 8 heteroatoms. The van der Waals surface area contributed by atoms with Crippen molar-refractivity contribution in [2.45, 2.75) is 25.2 Å². The smallest absolute Gasteiger partial charge is 0.230 e. The summed E-state index contributed by atoms with van der Waals surface area (Å²) in [5.74, 6) is -1.36. The van der Waals surface area contributed by atoms with E-state index in [4.69, 9.17) is 4.74 Å². The Balaban J connectivity index is 1.37. The Morgan fingerprint density at radius 2 is 2.03 bits per heavy atom. The number of carbonyl (C=O) groups is 2. The average molecular weight is 416 g/mol. The molecule has 0 unspecified atom stereocenters. The second-order valence-corrected chi connectivity index (χ2v) is 10.9. The molecule has 1 aromatic carbocycles. The molecule has 0 saturated carbocycles. The highest BCUT2D eigenvalue weighted by atomic mass is 32.2. The van der Waals surface area contributed by atoms with E-state index in [0.717, 1.165) is 11.1 Å². The minimum atomic E-state index is -3.07. The van der Waals surface area contributed by atoms with Gasteiger partial charge in [0.25, 0.3) is 0 Å². The summed E-state index contributed by atoms with van der Waals surface area (Å²) in [5, 5.41) is 0. The van der Waals surface area contributed by atoms with Gasteiger partial charge in [-0.05, 0) is 12.5 Å². The SMILES string of the molecule is Cc1cccc(CN2C[C@]34C=C[C@H](O3)[C@H](C(=O)N3CCS(=O)(=O)CC3)[C@@H]4C2=O)c1. The Labute approximate surface area is 170 Å². The van der Waals surface area contributed by atoms with Crippen LogP contribution < -0.4 is 0 Å². The Morgan fingerprint density at radius 3 is 2.76 bits per heavy atom. The minimum absolute atomic E-state index is 0.0178. The third kappa shape index (κ3) is 3.00. The fourth-order valence-corrected chi connectivity index (χ4v) is 6.37. The summed E-state index contributed by atoms with van der Waals surface area (Å²) >= 11 is 0. The number of ether oxygens (including phenoxy) is 1. The molecule has 2 amide bonds. The number of likely N-dealkylation sites (tertiary alicyclic amines) is 1. The van der Waals surface area contributed by atoms with Crippen molar-refractivity contribution in [3.05, 3.63) is 47.5 Å². The molecule has 29 heavy (non-hydrogen) atoms. The van der Waals surface area contributed by atoms with E-state index in [0.29, 0.717) is 13.1 Å². The molecule has 3 saturated heterocycles. The quantitative estimate of drug-likeness (QED) is 0.672. The molecule has 5 rings (SSSR count). The monoisotopic (exact) mass is 416 g/mol. The number of rotatable bonds is 3. The summed E-state index contributed by atoms with van der Waals surface area (Å²) in [6.45, 7) is 3.33. The molecule has 154 valence electrons. The lowest BCUT2D eigenvalue weighted by atomic mass is 9.76. The van der Waals surface area contributed by atoms with Gasteiger partial charge in [-0.2, -0.15) is 0 Å². The number of amides is 2. The van der Waals surface area contributed by atoms with E-state index in [9.17, 15) is 18.0 Å². The van der Waals surface area contributed by atoms with E-state index in [-0.39, 0.29) is 36.4 Å². The number of hydrogen-bond acceptors (Lipinski definition) is 5. The van der Waals surface area contributed by atoms with Crippen molar-refractivity contribution >= 4 is 21.7 Å². The summed E-state index contributed by atoms with van der Waals surface area (Å²) in [6.07, 6.45) is 3.43. The van der Waals surface area contributed by atoms with E-state index in [2.05, 4.69) is 6.07 Å². The second kappa shape index (κ2) is 6.40. The fraction of sp³-hybridized carbons (Fsp3) is 0.524. The highest BCUT2D eigenvalue weighted by Crippen LogP contribution is 2.52. The summed E-state index contributed by atoms with van der Waals surface area (Å²) in [6, 6.07) is 8.05. The third-order valence-corrected chi connectivity index (χ3v) is 8.19. The van der Waals surface area contributed by atoms with Crippen LogP contribution in [0.25, 0.3) is 0 Å². The van der Waals surface area contributed by atoms with Crippen LogP contribution in [-0.2, 0) is 30.7 Å². The van der Waals surface area contributed by atoms with Crippen molar-refractivity contribution in [1.29, 1.82) is 0 Å². The first-order chi connectivity index (χ1) is 13.8. The van der Waals surface area contributed by atoms with Gasteiger partial charge >= 0.3 is 0 Å². The van der Waals surface area contributed by atoms with E-state index in [1.807, 2.05) is 37.3 Å². The van der Waals surface area contributed by atoms with Gasteiger partial charge in [0.2, 0.25) is 11.8 Å². The number of aryl methyl sites for hydroxylation is 1. The van der Waals surface area contributed by atoms with Gasteiger partial charge in [0.15, 0.2) is 9.84 Å². The molecule has 2 bridgehead atoms. The minimum Gasteiger partial charge on any atom is -0.360 e. The number of nitrogens with zero attached hydrogens (tertiary/aromatic N) is 2. The molecule has 0 radical (unpaired) electrons. The standard InChI is InChI=1S/C21H24N2O5S/c1-14-3-2-4-15(11-14)12-23-13-21-6-5-16(28-21)17(18(21)20(23)25)19(24)22-7-9-29(26,27)10-8-22/h2-6,11,16-18H,7-10,12-13H2,1H3/t16-,17-,18+,21-/m0/s1. The van der Waals surface area contributed by atoms with Gasteiger partial charge in [-0.25, -0.2) is 8.42 Å². The molecule has 4 atom stereocenters. The van der Waals surface area contributed by atoms with Crippen molar-refractivity contribution < 1.29 is 22.7 Å². The maximum atomic E-state index is 13.3. The lowest BCUT2D eigenvalue weighted by molar-refractivity contribution is -0.143. The molecule has 3 fully saturated rings. The Morgan fingerprint density at radius 1 is 1.28 bits per heavy atom. The average Bonchev–Trinajstić information content (AvgIpc) is 3.30.